The zero-order chi connectivity index (χ0) is 21.7. The van der Waals surface area contributed by atoms with Crippen molar-refractivity contribution in [3.63, 3.8) is 0 Å². The number of carbonyl (C=O) groups is 3. The van der Waals surface area contributed by atoms with Crippen LogP contribution >= 0.6 is 11.6 Å². The minimum atomic E-state index is -0.641. The lowest BCUT2D eigenvalue weighted by Crippen LogP contribution is -2.46. The molecule has 3 rings (SSSR count). The van der Waals surface area contributed by atoms with Gasteiger partial charge >= 0.3 is 6.03 Å². The van der Waals surface area contributed by atoms with Crippen molar-refractivity contribution in [3.05, 3.63) is 70.3 Å². The summed E-state index contributed by atoms with van der Waals surface area (Å²) in [6.07, 6.45) is 1.57. The summed E-state index contributed by atoms with van der Waals surface area (Å²) in [5.74, 6) is -0.468. The van der Waals surface area contributed by atoms with Crippen LogP contribution in [0.5, 0.6) is 5.75 Å². The second kappa shape index (κ2) is 9.45. The zero-order valence-corrected chi connectivity index (χ0v) is 17.4. The molecular weight excluding hydrogens is 406 g/mol. The van der Waals surface area contributed by atoms with Gasteiger partial charge in [0.1, 0.15) is 12.3 Å². The number of halogens is 1. The molecule has 0 spiro atoms. The molecule has 0 bridgehead atoms. The number of ether oxygens (including phenoxy) is 1. The Bertz CT molecular complexity index is 991. The molecule has 1 saturated heterocycles. The molecule has 0 aliphatic carbocycles. The molecule has 0 radical (unpaired) electrons. The van der Waals surface area contributed by atoms with Crippen molar-refractivity contribution in [1.82, 2.24) is 15.5 Å². The third-order valence-corrected chi connectivity index (χ3v) is 4.94. The Hall–Kier alpha value is -3.32. The van der Waals surface area contributed by atoms with Gasteiger partial charge in [0, 0.05) is 22.7 Å². The number of hydrogen-bond acceptors (Lipinski definition) is 4. The van der Waals surface area contributed by atoms with E-state index in [2.05, 4.69) is 10.6 Å². The van der Waals surface area contributed by atoms with Crippen molar-refractivity contribution in [2.75, 3.05) is 20.2 Å². The third kappa shape index (κ3) is 4.99. The smallest absolute Gasteiger partial charge is 0.325 e. The van der Waals surface area contributed by atoms with E-state index in [0.717, 1.165) is 10.5 Å². The van der Waals surface area contributed by atoms with Crippen molar-refractivity contribution >= 4 is 35.5 Å². The number of urea groups is 1. The molecule has 156 valence electrons. The molecule has 7 nitrogen and oxygen atoms in total. The SMILES string of the molecule is COc1ccc(Cl)cc1C=C1CNC(=O)CN(C(=O)N[C@@H](C)c2ccccc2)C1=O. The highest BCUT2D eigenvalue weighted by Crippen LogP contribution is 2.25. The lowest BCUT2D eigenvalue weighted by molar-refractivity contribution is -0.128. The van der Waals surface area contributed by atoms with Crippen molar-refractivity contribution in [2.24, 2.45) is 0 Å². The predicted octanol–water partition coefficient (Wildman–Crippen LogP) is 3.16. The van der Waals surface area contributed by atoms with Gasteiger partial charge in [-0.25, -0.2) is 4.79 Å². The van der Waals surface area contributed by atoms with Crippen molar-refractivity contribution in [2.45, 2.75) is 13.0 Å². The summed E-state index contributed by atoms with van der Waals surface area (Å²) in [7, 11) is 1.51. The molecular formula is C22H22ClN3O4. The Balaban J connectivity index is 1.86. The fourth-order valence-electron chi connectivity index (χ4n) is 3.08. The van der Waals surface area contributed by atoms with Crippen LogP contribution in [0, 0.1) is 0 Å². The maximum absolute atomic E-state index is 13.1. The van der Waals surface area contributed by atoms with E-state index in [-0.39, 0.29) is 24.7 Å². The van der Waals surface area contributed by atoms with Crippen LogP contribution in [0.25, 0.3) is 6.08 Å². The summed E-state index contributed by atoms with van der Waals surface area (Å²) in [6.45, 7) is 1.44. The van der Waals surface area contributed by atoms with E-state index in [1.165, 1.54) is 7.11 Å². The van der Waals surface area contributed by atoms with Crippen LogP contribution in [0.1, 0.15) is 24.1 Å². The summed E-state index contributed by atoms with van der Waals surface area (Å²) >= 11 is 6.06. The van der Waals surface area contributed by atoms with Gasteiger partial charge in [-0.1, -0.05) is 41.9 Å². The molecule has 2 N–H and O–H groups in total. The molecule has 1 heterocycles. The zero-order valence-electron chi connectivity index (χ0n) is 16.6. The van der Waals surface area contributed by atoms with Gasteiger partial charge in [0.25, 0.3) is 5.91 Å². The monoisotopic (exact) mass is 427 g/mol. The first-order chi connectivity index (χ1) is 14.4. The van der Waals surface area contributed by atoms with Crippen LogP contribution in [-0.2, 0) is 9.59 Å². The van der Waals surface area contributed by atoms with E-state index in [1.807, 2.05) is 37.3 Å². The van der Waals surface area contributed by atoms with Gasteiger partial charge in [-0.05, 0) is 36.8 Å². The molecule has 8 heteroatoms. The topological polar surface area (TPSA) is 87.7 Å². The molecule has 0 aromatic heterocycles. The molecule has 0 saturated carbocycles. The molecule has 2 aromatic carbocycles. The van der Waals surface area contributed by atoms with Crippen LogP contribution in [0.3, 0.4) is 0 Å². The van der Waals surface area contributed by atoms with E-state index < -0.39 is 17.8 Å². The highest BCUT2D eigenvalue weighted by molar-refractivity contribution is 6.30. The van der Waals surface area contributed by atoms with Crippen LogP contribution in [0.4, 0.5) is 4.79 Å². The maximum Gasteiger partial charge on any atom is 0.325 e. The lowest BCUT2D eigenvalue weighted by atomic mass is 10.1. The van der Waals surface area contributed by atoms with Crippen molar-refractivity contribution < 1.29 is 19.1 Å². The Kier molecular flexibility index (Phi) is 6.74. The lowest BCUT2D eigenvalue weighted by Gasteiger charge is -2.22. The van der Waals surface area contributed by atoms with E-state index in [9.17, 15) is 14.4 Å². The number of carbonyl (C=O) groups excluding carboxylic acids is 3. The Labute approximate surface area is 179 Å². The molecule has 0 unspecified atom stereocenters. The first kappa shape index (κ1) is 21.4. The number of nitrogens with one attached hydrogen (secondary N) is 2. The summed E-state index contributed by atoms with van der Waals surface area (Å²) in [4.78, 5) is 38.9. The van der Waals surface area contributed by atoms with Crippen molar-refractivity contribution in [3.8, 4) is 5.75 Å². The summed E-state index contributed by atoms with van der Waals surface area (Å²) < 4.78 is 5.31. The van der Waals surface area contributed by atoms with Gasteiger partial charge < -0.3 is 15.4 Å². The number of benzene rings is 2. The molecule has 1 fully saturated rings. The third-order valence-electron chi connectivity index (χ3n) is 4.70. The predicted molar refractivity (Wildman–Crippen MR) is 114 cm³/mol. The number of hydrogen-bond donors (Lipinski definition) is 2. The van der Waals surface area contributed by atoms with Gasteiger partial charge in [-0.3, -0.25) is 14.5 Å². The molecule has 30 heavy (non-hydrogen) atoms. The van der Waals surface area contributed by atoms with Gasteiger partial charge in [0.05, 0.1) is 13.2 Å². The van der Waals surface area contributed by atoms with Gasteiger partial charge in [-0.2, -0.15) is 0 Å². The van der Waals surface area contributed by atoms with Gasteiger partial charge in [0.2, 0.25) is 5.91 Å². The average Bonchev–Trinajstić information content (AvgIpc) is 2.88. The molecule has 2 aromatic rings. The second-order valence-electron chi connectivity index (χ2n) is 6.81. The van der Waals surface area contributed by atoms with Gasteiger partial charge in [0.15, 0.2) is 0 Å². The number of amides is 4. The largest absolute Gasteiger partial charge is 0.496 e. The molecule has 1 atom stereocenters. The molecule has 1 aliphatic rings. The summed E-state index contributed by atoms with van der Waals surface area (Å²) in [5.41, 5.74) is 1.70. The highest BCUT2D eigenvalue weighted by atomic mass is 35.5. The molecule has 4 amide bonds. The Morgan fingerprint density at radius 2 is 1.97 bits per heavy atom. The molecule has 1 aliphatic heterocycles. The number of rotatable bonds is 4. The van der Waals surface area contributed by atoms with E-state index >= 15 is 0 Å². The van der Waals surface area contributed by atoms with E-state index in [0.29, 0.717) is 16.3 Å². The van der Waals surface area contributed by atoms with Crippen LogP contribution in [-0.4, -0.2) is 42.9 Å². The first-order valence-electron chi connectivity index (χ1n) is 9.37. The van der Waals surface area contributed by atoms with Crippen LogP contribution < -0.4 is 15.4 Å². The fourth-order valence-corrected chi connectivity index (χ4v) is 3.27. The quantitative estimate of drug-likeness (QED) is 0.733. The first-order valence-corrected chi connectivity index (χ1v) is 9.75. The second-order valence-corrected chi connectivity index (χ2v) is 7.24. The average molecular weight is 428 g/mol. The fraction of sp³-hybridized carbons (Fsp3) is 0.227. The van der Waals surface area contributed by atoms with Crippen LogP contribution in [0.2, 0.25) is 5.02 Å². The maximum atomic E-state index is 13.1. The standard InChI is InChI=1S/C22H22ClN3O4/c1-14(15-6-4-3-5-7-15)25-22(29)26-13-20(27)24-12-17(21(26)28)10-16-11-18(23)8-9-19(16)30-2/h3-11,14H,12-13H2,1-2H3,(H,24,27)(H,25,29)/t14-/m0/s1. The minimum absolute atomic E-state index is 0.00858. The van der Waals surface area contributed by atoms with Crippen molar-refractivity contribution in [1.29, 1.82) is 0 Å². The van der Waals surface area contributed by atoms with Crippen LogP contribution in [0.15, 0.2) is 54.1 Å². The Morgan fingerprint density at radius 3 is 2.67 bits per heavy atom. The minimum Gasteiger partial charge on any atom is -0.496 e. The summed E-state index contributed by atoms with van der Waals surface area (Å²) in [5, 5.41) is 5.89. The Morgan fingerprint density at radius 1 is 1.23 bits per heavy atom. The summed E-state index contributed by atoms with van der Waals surface area (Å²) in [6, 6.07) is 13.4. The highest BCUT2D eigenvalue weighted by Gasteiger charge is 2.31. The van der Waals surface area contributed by atoms with E-state index in [4.69, 9.17) is 16.3 Å². The normalized spacial score (nSPS) is 16.6. The number of imide groups is 1. The van der Waals surface area contributed by atoms with E-state index in [1.54, 1.807) is 24.3 Å². The number of methoxy groups -OCH3 is 1. The number of nitrogens with zero attached hydrogens (tertiary/aromatic N) is 1. The van der Waals surface area contributed by atoms with Gasteiger partial charge in [-0.15, -0.1) is 0 Å².